The monoisotopic (exact) mass is 312 g/mol. The average molecular weight is 312 g/mol. The van der Waals surface area contributed by atoms with Gasteiger partial charge in [-0.15, -0.1) is 0 Å². The van der Waals surface area contributed by atoms with Crippen LogP contribution in [0.1, 0.15) is 49.7 Å². The summed E-state index contributed by atoms with van der Waals surface area (Å²) in [5, 5.41) is 0.150. The molecule has 0 saturated heterocycles. The van der Waals surface area contributed by atoms with Gasteiger partial charge in [-0.1, -0.05) is 27.7 Å². The Hall–Kier alpha value is -1.14. The van der Waals surface area contributed by atoms with Gasteiger partial charge < -0.3 is 13.7 Å². The maximum Gasteiger partial charge on any atom is 0.356 e. The normalized spacial score (nSPS) is 12.6. The largest absolute Gasteiger partial charge is 0.464 e. The van der Waals surface area contributed by atoms with Gasteiger partial charge in [0, 0.05) is 7.05 Å². The van der Waals surface area contributed by atoms with Gasteiger partial charge in [-0.05, 0) is 24.6 Å². The van der Waals surface area contributed by atoms with Crippen LogP contribution in [0, 0.1) is 0 Å². The predicted octanol–water partition coefficient (Wildman–Crippen LogP) is 3.29. The second-order valence-electron chi connectivity index (χ2n) is 6.78. The number of aromatic nitrogens is 2. The summed E-state index contributed by atoms with van der Waals surface area (Å²) >= 11 is 0. The number of carbonyl (C=O) groups excluding carboxylic acids is 1. The number of imidazole rings is 1. The van der Waals surface area contributed by atoms with E-state index in [1.807, 2.05) is 14.0 Å². The van der Waals surface area contributed by atoms with Gasteiger partial charge >= 0.3 is 5.97 Å². The second kappa shape index (κ2) is 6.32. The van der Waals surface area contributed by atoms with E-state index in [1.54, 1.807) is 4.57 Å². The molecule has 0 unspecified atom stereocenters. The minimum absolute atomic E-state index is 0.150. The molecule has 0 aliphatic heterocycles. The maximum atomic E-state index is 11.9. The molecule has 0 aliphatic rings. The van der Waals surface area contributed by atoms with Gasteiger partial charge in [0.25, 0.3) is 0 Å². The number of esters is 1. The first-order chi connectivity index (χ1) is 9.55. The van der Waals surface area contributed by atoms with Crippen molar-refractivity contribution in [1.82, 2.24) is 9.55 Å². The van der Waals surface area contributed by atoms with Crippen LogP contribution in [0.15, 0.2) is 0 Å². The maximum absolute atomic E-state index is 11.9. The standard InChI is InChI=1S/C15H28N2O3Si/c1-9-11-13(14(18)19-6)17(5)12(16-11)10-20-21(7,8)15(2,3)4/h9-10H2,1-8H3. The third-order valence-corrected chi connectivity index (χ3v) is 8.82. The molecule has 5 nitrogen and oxygen atoms in total. The van der Waals surface area contributed by atoms with Crippen LogP contribution in [0.4, 0.5) is 0 Å². The van der Waals surface area contributed by atoms with Crippen LogP contribution in [0.25, 0.3) is 0 Å². The average Bonchev–Trinajstić information content (AvgIpc) is 2.70. The molecule has 0 saturated carbocycles. The van der Waals surface area contributed by atoms with Gasteiger partial charge in [0.15, 0.2) is 14.0 Å². The van der Waals surface area contributed by atoms with Gasteiger partial charge in [0.1, 0.15) is 5.82 Å². The first-order valence-electron chi connectivity index (χ1n) is 7.32. The van der Waals surface area contributed by atoms with Crippen LogP contribution in [0.2, 0.25) is 18.1 Å². The number of nitrogens with zero attached hydrogens (tertiary/aromatic N) is 2. The molecule has 0 radical (unpaired) electrons. The summed E-state index contributed by atoms with van der Waals surface area (Å²) in [6.45, 7) is 13.4. The fourth-order valence-corrected chi connectivity index (χ4v) is 2.72. The summed E-state index contributed by atoms with van der Waals surface area (Å²) in [6.07, 6.45) is 0.693. The lowest BCUT2D eigenvalue weighted by atomic mass is 10.2. The molecule has 6 heteroatoms. The van der Waals surface area contributed by atoms with Crippen LogP contribution in [0.5, 0.6) is 0 Å². The molecule has 0 amide bonds. The fourth-order valence-electron chi connectivity index (χ4n) is 1.79. The van der Waals surface area contributed by atoms with Crippen molar-refractivity contribution < 1.29 is 14.0 Å². The molecular weight excluding hydrogens is 284 g/mol. The number of hydrogen-bond acceptors (Lipinski definition) is 4. The molecule has 120 valence electrons. The zero-order valence-electron chi connectivity index (χ0n) is 14.5. The van der Waals surface area contributed by atoms with Crippen molar-refractivity contribution in [3.63, 3.8) is 0 Å². The van der Waals surface area contributed by atoms with E-state index < -0.39 is 8.32 Å². The molecule has 0 aromatic carbocycles. The highest BCUT2D eigenvalue weighted by atomic mass is 28.4. The summed E-state index contributed by atoms with van der Waals surface area (Å²) in [5.41, 5.74) is 1.28. The Morgan fingerprint density at radius 2 is 1.90 bits per heavy atom. The van der Waals surface area contributed by atoms with Crippen LogP contribution in [-0.4, -0.2) is 30.9 Å². The summed E-state index contributed by atoms with van der Waals surface area (Å²) < 4.78 is 12.8. The number of carbonyl (C=O) groups is 1. The van der Waals surface area contributed by atoms with Crippen LogP contribution in [-0.2, 0) is 29.2 Å². The smallest absolute Gasteiger partial charge is 0.356 e. The van der Waals surface area contributed by atoms with Crippen molar-refractivity contribution in [2.75, 3.05) is 7.11 Å². The van der Waals surface area contributed by atoms with Crippen molar-refractivity contribution in [1.29, 1.82) is 0 Å². The van der Waals surface area contributed by atoms with Gasteiger partial charge in [-0.25, -0.2) is 9.78 Å². The van der Waals surface area contributed by atoms with Gasteiger partial charge in [0.2, 0.25) is 0 Å². The summed E-state index contributed by atoms with van der Waals surface area (Å²) in [5.74, 6) is 0.428. The lowest BCUT2D eigenvalue weighted by molar-refractivity contribution is 0.0588. The Morgan fingerprint density at radius 3 is 2.33 bits per heavy atom. The quantitative estimate of drug-likeness (QED) is 0.618. The van der Waals surface area contributed by atoms with Crippen LogP contribution < -0.4 is 0 Å². The SMILES string of the molecule is CCc1nc(CO[Si](C)(C)C(C)(C)C)n(C)c1C(=O)OC. The number of hydrogen-bond donors (Lipinski definition) is 0. The lowest BCUT2D eigenvalue weighted by Gasteiger charge is -2.35. The van der Waals surface area contributed by atoms with Crippen molar-refractivity contribution in [3.05, 3.63) is 17.2 Å². The van der Waals surface area contributed by atoms with E-state index in [9.17, 15) is 4.79 Å². The zero-order valence-corrected chi connectivity index (χ0v) is 15.5. The van der Waals surface area contributed by atoms with Crippen molar-refractivity contribution in [3.8, 4) is 0 Å². The summed E-state index contributed by atoms with van der Waals surface area (Å²) in [7, 11) is 1.39. The van der Waals surface area contributed by atoms with E-state index in [1.165, 1.54) is 7.11 Å². The molecular formula is C15H28N2O3Si. The van der Waals surface area contributed by atoms with Gasteiger partial charge in [-0.2, -0.15) is 0 Å². The third-order valence-electron chi connectivity index (χ3n) is 4.34. The van der Waals surface area contributed by atoms with Gasteiger partial charge in [-0.3, -0.25) is 0 Å². The molecule has 0 bridgehead atoms. The first-order valence-corrected chi connectivity index (χ1v) is 10.2. The zero-order chi connectivity index (χ0) is 16.4. The van der Waals surface area contributed by atoms with Gasteiger partial charge in [0.05, 0.1) is 19.4 Å². The lowest BCUT2D eigenvalue weighted by Crippen LogP contribution is -2.40. The molecule has 21 heavy (non-hydrogen) atoms. The van der Waals surface area contributed by atoms with Crippen LogP contribution in [0.3, 0.4) is 0 Å². The minimum Gasteiger partial charge on any atom is -0.464 e. The Labute approximate surface area is 128 Å². The van der Waals surface area contributed by atoms with Crippen molar-refractivity contribution in [2.24, 2.45) is 7.05 Å². The Morgan fingerprint density at radius 1 is 1.33 bits per heavy atom. The minimum atomic E-state index is -1.83. The Balaban J connectivity index is 3.01. The van der Waals surface area contributed by atoms with E-state index in [-0.39, 0.29) is 11.0 Å². The Bertz CT molecular complexity index is 516. The molecule has 1 heterocycles. The number of ether oxygens (including phenoxy) is 1. The molecule has 0 N–H and O–H groups in total. The third kappa shape index (κ3) is 3.74. The van der Waals surface area contributed by atoms with E-state index in [4.69, 9.17) is 9.16 Å². The highest BCUT2D eigenvalue weighted by Gasteiger charge is 2.37. The van der Waals surface area contributed by atoms with E-state index in [0.717, 1.165) is 11.5 Å². The molecule has 1 aromatic rings. The van der Waals surface area contributed by atoms with E-state index in [0.29, 0.717) is 18.7 Å². The number of methoxy groups -OCH3 is 1. The van der Waals surface area contributed by atoms with E-state index in [2.05, 4.69) is 38.8 Å². The van der Waals surface area contributed by atoms with Crippen molar-refractivity contribution >= 4 is 14.3 Å². The molecule has 0 fully saturated rings. The molecule has 0 aliphatic carbocycles. The summed E-state index contributed by atoms with van der Waals surface area (Å²) in [6, 6.07) is 0. The van der Waals surface area contributed by atoms with E-state index >= 15 is 0 Å². The Kier molecular flexibility index (Phi) is 5.39. The molecule has 1 rings (SSSR count). The highest BCUT2D eigenvalue weighted by molar-refractivity contribution is 6.74. The topological polar surface area (TPSA) is 53.4 Å². The molecule has 1 aromatic heterocycles. The second-order valence-corrected chi connectivity index (χ2v) is 11.6. The predicted molar refractivity (Wildman–Crippen MR) is 85.9 cm³/mol. The fraction of sp³-hybridized carbons (Fsp3) is 0.733. The highest BCUT2D eigenvalue weighted by Crippen LogP contribution is 2.37. The number of aryl methyl sites for hydroxylation is 1. The summed E-state index contributed by atoms with van der Waals surface area (Å²) in [4.78, 5) is 16.4. The first kappa shape index (κ1) is 17.9. The number of rotatable bonds is 5. The van der Waals surface area contributed by atoms with Crippen LogP contribution >= 0.6 is 0 Å². The molecule has 0 atom stereocenters. The molecule has 0 spiro atoms. The van der Waals surface area contributed by atoms with Crippen molar-refractivity contribution in [2.45, 2.75) is 58.9 Å².